The summed E-state index contributed by atoms with van der Waals surface area (Å²) in [5.74, 6) is 2.20. The molecular formula is C16H19N3O2S. The first-order valence-electron chi connectivity index (χ1n) is 7.86. The van der Waals surface area contributed by atoms with Crippen molar-refractivity contribution in [3.63, 3.8) is 0 Å². The molecule has 0 saturated heterocycles. The third-order valence-electron chi connectivity index (χ3n) is 5.07. The van der Waals surface area contributed by atoms with E-state index in [1.54, 1.807) is 4.90 Å². The summed E-state index contributed by atoms with van der Waals surface area (Å²) in [6.45, 7) is 0.371. The zero-order valence-corrected chi connectivity index (χ0v) is 13.4. The van der Waals surface area contributed by atoms with Gasteiger partial charge < -0.3 is 9.88 Å². The summed E-state index contributed by atoms with van der Waals surface area (Å²) in [6.07, 6.45) is 4.92. The molecule has 1 amide bonds. The fourth-order valence-electron chi connectivity index (χ4n) is 3.91. The van der Waals surface area contributed by atoms with Crippen LogP contribution in [0.2, 0.25) is 0 Å². The first kappa shape index (κ1) is 13.9. The highest BCUT2D eigenvalue weighted by atomic mass is 32.1. The number of fused-ring (bicyclic) bond motifs is 2. The van der Waals surface area contributed by atoms with Crippen LogP contribution in [0, 0.1) is 17.8 Å². The minimum Gasteiger partial charge on any atom is -0.338 e. The minimum atomic E-state index is -0.115. The molecule has 2 aromatic heterocycles. The van der Waals surface area contributed by atoms with Crippen molar-refractivity contribution < 1.29 is 4.79 Å². The van der Waals surface area contributed by atoms with Gasteiger partial charge in [-0.1, -0.05) is 12.8 Å². The molecule has 0 bridgehead atoms. The molecule has 116 valence electrons. The molecule has 0 spiro atoms. The first-order chi connectivity index (χ1) is 10.6. The maximum absolute atomic E-state index is 12.6. The zero-order chi connectivity index (χ0) is 15.3. The summed E-state index contributed by atoms with van der Waals surface area (Å²) in [5, 5.41) is 1.86. The van der Waals surface area contributed by atoms with Crippen LogP contribution in [0.4, 0.5) is 0 Å². The Balaban J connectivity index is 1.50. The van der Waals surface area contributed by atoms with Gasteiger partial charge in [0.25, 0.3) is 5.56 Å². The standard InChI is InChI=1S/C16H19N3O2S/c1-19(16(21)13-9-4-2-3-5-10(9)13)8-12-17-11-6-7-22-14(11)15(20)18-12/h6-7,9-10,13H,2-5,8H2,1H3,(H,17,18,20)/t9-,10-/m1/s1. The van der Waals surface area contributed by atoms with Gasteiger partial charge in [0, 0.05) is 13.0 Å². The second kappa shape index (κ2) is 5.19. The summed E-state index contributed by atoms with van der Waals surface area (Å²) in [7, 11) is 1.81. The monoisotopic (exact) mass is 317 g/mol. The van der Waals surface area contributed by atoms with Crippen LogP contribution in [0.25, 0.3) is 10.2 Å². The molecule has 0 aliphatic heterocycles. The van der Waals surface area contributed by atoms with Crippen molar-refractivity contribution in [2.75, 3.05) is 7.05 Å². The number of hydrogen-bond donors (Lipinski definition) is 1. The highest BCUT2D eigenvalue weighted by molar-refractivity contribution is 7.17. The molecule has 6 heteroatoms. The first-order valence-corrected chi connectivity index (χ1v) is 8.74. The van der Waals surface area contributed by atoms with Crippen LogP contribution >= 0.6 is 11.3 Å². The Hall–Kier alpha value is -1.69. The lowest BCUT2D eigenvalue weighted by atomic mass is 10.0. The molecule has 0 radical (unpaired) electrons. The van der Waals surface area contributed by atoms with Gasteiger partial charge in [0.05, 0.1) is 12.1 Å². The van der Waals surface area contributed by atoms with E-state index in [9.17, 15) is 9.59 Å². The van der Waals surface area contributed by atoms with Crippen molar-refractivity contribution >= 4 is 27.5 Å². The largest absolute Gasteiger partial charge is 0.338 e. The van der Waals surface area contributed by atoms with E-state index < -0.39 is 0 Å². The van der Waals surface area contributed by atoms with Gasteiger partial charge in [-0.05, 0) is 36.1 Å². The van der Waals surface area contributed by atoms with Crippen molar-refractivity contribution in [3.8, 4) is 0 Å². The lowest BCUT2D eigenvalue weighted by Crippen LogP contribution is -2.30. The van der Waals surface area contributed by atoms with E-state index in [1.165, 1.54) is 37.0 Å². The van der Waals surface area contributed by atoms with Crippen molar-refractivity contribution in [2.24, 2.45) is 17.8 Å². The lowest BCUT2D eigenvalue weighted by molar-refractivity contribution is -0.132. The third-order valence-corrected chi connectivity index (χ3v) is 5.97. The zero-order valence-electron chi connectivity index (χ0n) is 12.5. The SMILES string of the molecule is CN(Cc1nc2ccsc2c(=O)[nH]1)C(=O)C1[C@@H]2CCCC[C@@H]12. The number of hydrogen-bond acceptors (Lipinski definition) is 4. The highest BCUT2D eigenvalue weighted by Gasteiger charge is 2.55. The van der Waals surface area contributed by atoms with Gasteiger partial charge in [0.1, 0.15) is 10.5 Å². The number of thiophene rings is 1. The minimum absolute atomic E-state index is 0.115. The number of carbonyl (C=O) groups excluding carboxylic acids is 1. The fraction of sp³-hybridized carbons (Fsp3) is 0.562. The molecule has 4 rings (SSSR count). The Morgan fingerprint density at radius 3 is 2.86 bits per heavy atom. The summed E-state index contributed by atoms with van der Waals surface area (Å²) in [5.41, 5.74) is 0.598. The Bertz CT molecular complexity index is 769. The topological polar surface area (TPSA) is 66.1 Å². The predicted molar refractivity (Wildman–Crippen MR) is 85.7 cm³/mol. The van der Waals surface area contributed by atoms with Crippen LogP contribution in [0.5, 0.6) is 0 Å². The van der Waals surface area contributed by atoms with Crippen LogP contribution in [0.3, 0.4) is 0 Å². The maximum Gasteiger partial charge on any atom is 0.268 e. The van der Waals surface area contributed by atoms with Crippen molar-refractivity contribution in [3.05, 3.63) is 27.6 Å². The fourth-order valence-corrected chi connectivity index (χ4v) is 4.64. The molecule has 0 unspecified atom stereocenters. The van der Waals surface area contributed by atoms with Crippen LogP contribution < -0.4 is 5.56 Å². The second-order valence-corrected chi connectivity index (χ2v) is 7.40. The van der Waals surface area contributed by atoms with Gasteiger partial charge >= 0.3 is 0 Å². The van der Waals surface area contributed by atoms with E-state index in [-0.39, 0.29) is 17.4 Å². The molecule has 2 fully saturated rings. The van der Waals surface area contributed by atoms with Gasteiger partial charge in [-0.2, -0.15) is 0 Å². The number of rotatable bonds is 3. The summed E-state index contributed by atoms with van der Waals surface area (Å²) < 4.78 is 0.644. The van der Waals surface area contributed by atoms with Gasteiger partial charge in [-0.3, -0.25) is 9.59 Å². The summed E-state index contributed by atoms with van der Waals surface area (Å²) in [4.78, 5) is 33.5. The average molecular weight is 317 g/mol. The summed E-state index contributed by atoms with van der Waals surface area (Å²) >= 11 is 1.39. The molecule has 2 saturated carbocycles. The molecule has 1 N–H and O–H groups in total. The van der Waals surface area contributed by atoms with Crippen molar-refractivity contribution in [1.82, 2.24) is 14.9 Å². The molecule has 2 heterocycles. The van der Waals surface area contributed by atoms with E-state index in [2.05, 4.69) is 9.97 Å². The number of aromatic nitrogens is 2. The van der Waals surface area contributed by atoms with Gasteiger partial charge in [-0.15, -0.1) is 11.3 Å². The molecule has 2 aliphatic carbocycles. The molecule has 2 aromatic rings. The number of carbonyl (C=O) groups is 1. The number of nitrogens with one attached hydrogen (secondary N) is 1. The van der Waals surface area contributed by atoms with Gasteiger partial charge in [-0.25, -0.2) is 4.98 Å². The lowest BCUT2D eigenvalue weighted by Gasteiger charge is -2.16. The van der Waals surface area contributed by atoms with Crippen LogP contribution in [0.15, 0.2) is 16.2 Å². The summed E-state index contributed by atoms with van der Waals surface area (Å²) in [6, 6.07) is 1.84. The average Bonchev–Trinajstić information content (AvgIpc) is 3.03. The van der Waals surface area contributed by atoms with Crippen LogP contribution in [-0.4, -0.2) is 27.8 Å². The Kier molecular flexibility index (Phi) is 3.29. The quantitative estimate of drug-likeness (QED) is 0.945. The third kappa shape index (κ3) is 2.26. The normalized spacial score (nSPS) is 26.7. The molecular weight excluding hydrogens is 298 g/mol. The van der Waals surface area contributed by atoms with E-state index in [0.29, 0.717) is 34.4 Å². The number of nitrogens with zero attached hydrogens (tertiary/aromatic N) is 2. The second-order valence-electron chi connectivity index (χ2n) is 6.48. The predicted octanol–water partition coefficient (Wildman–Crippen LogP) is 2.38. The number of amides is 1. The van der Waals surface area contributed by atoms with Crippen molar-refractivity contribution in [2.45, 2.75) is 32.2 Å². The Morgan fingerprint density at radius 1 is 1.41 bits per heavy atom. The molecule has 22 heavy (non-hydrogen) atoms. The van der Waals surface area contributed by atoms with E-state index in [1.807, 2.05) is 18.5 Å². The molecule has 2 aliphatic rings. The molecule has 0 aromatic carbocycles. The number of aromatic amines is 1. The molecule has 5 nitrogen and oxygen atoms in total. The van der Waals surface area contributed by atoms with Gasteiger partial charge in [0.2, 0.25) is 5.91 Å². The number of H-pyrrole nitrogens is 1. The Morgan fingerprint density at radius 2 is 2.14 bits per heavy atom. The van der Waals surface area contributed by atoms with Crippen LogP contribution in [-0.2, 0) is 11.3 Å². The Labute approximate surface area is 132 Å². The maximum atomic E-state index is 12.6. The van der Waals surface area contributed by atoms with Gasteiger partial charge in [0.15, 0.2) is 0 Å². The van der Waals surface area contributed by atoms with E-state index in [4.69, 9.17) is 0 Å². The van der Waals surface area contributed by atoms with E-state index in [0.717, 1.165) is 0 Å². The highest BCUT2D eigenvalue weighted by Crippen LogP contribution is 2.56. The smallest absolute Gasteiger partial charge is 0.268 e. The van der Waals surface area contributed by atoms with Crippen molar-refractivity contribution in [1.29, 1.82) is 0 Å². The van der Waals surface area contributed by atoms with E-state index >= 15 is 0 Å². The molecule has 2 atom stereocenters. The van der Waals surface area contributed by atoms with Crippen LogP contribution in [0.1, 0.15) is 31.5 Å².